The quantitative estimate of drug-likeness (QED) is 0.381. The molecule has 4 heteroatoms. The summed E-state index contributed by atoms with van der Waals surface area (Å²) < 4.78 is 11.6. The number of alkyl halides is 1. The van der Waals surface area contributed by atoms with Gasteiger partial charge >= 0.3 is 0 Å². The third-order valence-corrected chi connectivity index (χ3v) is 3.74. The second kappa shape index (κ2) is 9.21. The van der Waals surface area contributed by atoms with Crippen molar-refractivity contribution < 1.29 is 14.3 Å². The van der Waals surface area contributed by atoms with Crippen LogP contribution in [0.3, 0.4) is 0 Å². The molecule has 0 aliphatic carbocycles. The van der Waals surface area contributed by atoms with Crippen LogP contribution in [0.25, 0.3) is 0 Å². The molecule has 0 fully saturated rings. The molecule has 0 saturated heterocycles. The normalized spacial score (nSPS) is 10.3. The summed E-state index contributed by atoms with van der Waals surface area (Å²) in [5, 5.41) is 0. The van der Waals surface area contributed by atoms with Gasteiger partial charge in [-0.25, -0.2) is 0 Å². The maximum atomic E-state index is 11.3. The Labute approximate surface area is 142 Å². The van der Waals surface area contributed by atoms with Crippen LogP contribution in [0, 0.1) is 0 Å². The number of aryl methyl sites for hydroxylation is 1. The number of benzene rings is 2. The molecule has 0 saturated carbocycles. The largest absolute Gasteiger partial charge is 0.493 e. The van der Waals surface area contributed by atoms with Gasteiger partial charge in [0, 0.05) is 11.9 Å². The molecular formula is C19H21ClO3. The van der Waals surface area contributed by atoms with Gasteiger partial charge in [-0.2, -0.15) is 0 Å². The average molecular weight is 333 g/mol. The molecule has 0 aromatic heterocycles. The molecule has 0 unspecified atom stereocenters. The molecule has 0 heterocycles. The molecule has 23 heavy (non-hydrogen) atoms. The van der Waals surface area contributed by atoms with Crippen LogP contribution >= 0.6 is 11.6 Å². The van der Waals surface area contributed by atoms with E-state index in [1.165, 1.54) is 0 Å². The zero-order chi connectivity index (χ0) is 16.5. The third-order valence-electron chi connectivity index (χ3n) is 3.47. The summed E-state index contributed by atoms with van der Waals surface area (Å²) in [6, 6.07) is 13.5. The van der Waals surface area contributed by atoms with E-state index in [1.54, 1.807) is 6.07 Å². The second-order valence-electron chi connectivity index (χ2n) is 5.13. The summed E-state index contributed by atoms with van der Waals surface area (Å²) in [6.45, 7) is 2.99. The van der Waals surface area contributed by atoms with Crippen molar-refractivity contribution in [3.63, 3.8) is 0 Å². The summed E-state index contributed by atoms with van der Waals surface area (Å²) >= 11 is 5.69. The fourth-order valence-electron chi connectivity index (χ4n) is 2.22. The van der Waals surface area contributed by atoms with Crippen molar-refractivity contribution in [1.82, 2.24) is 0 Å². The van der Waals surface area contributed by atoms with Gasteiger partial charge < -0.3 is 9.47 Å². The molecule has 3 nitrogen and oxygen atoms in total. The van der Waals surface area contributed by atoms with E-state index >= 15 is 0 Å². The van der Waals surface area contributed by atoms with Gasteiger partial charge in [0.15, 0.2) is 6.29 Å². The molecule has 0 radical (unpaired) electrons. The summed E-state index contributed by atoms with van der Waals surface area (Å²) in [7, 11) is 0. The Balaban J connectivity index is 2.18. The van der Waals surface area contributed by atoms with Crippen LogP contribution in [0.1, 0.15) is 34.8 Å². The maximum Gasteiger partial charge on any atom is 0.153 e. The SMILES string of the molecule is CCc1cc(C=O)c(OCc2ccccc2)cc1OCCCCl. The van der Waals surface area contributed by atoms with Gasteiger partial charge in [-0.1, -0.05) is 37.3 Å². The molecule has 0 N–H and O–H groups in total. The molecule has 2 rings (SSSR count). The van der Waals surface area contributed by atoms with E-state index in [1.807, 2.05) is 43.3 Å². The van der Waals surface area contributed by atoms with Gasteiger partial charge in [-0.05, 0) is 30.0 Å². The van der Waals surface area contributed by atoms with Crippen molar-refractivity contribution in [2.24, 2.45) is 0 Å². The Morgan fingerprint density at radius 2 is 1.87 bits per heavy atom. The highest BCUT2D eigenvalue weighted by Crippen LogP contribution is 2.29. The van der Waals surface area contributed by atoms with Crippen LogP contribution in [0.15, 0.2) is 42.5 Å². The first-order valence-electron chi connectivity index (χ1n) is 7.76. The molecule has 122 valence electrons. The smallest absolute Gasteiger partial charge is 0.153 e. The van der Waals surface area contributed by atoms with E-state index in [-0.39, 0.29) is 0 Å². The van der Waals surface area contributed by atoms with Gasteiger partial charge in [-0.15, -0.1) is 11.6 Å². The number of carbonyl (C=O) groups excluding carboxylic acids is 1. The Morgan fingerprint density at radius 3 is 2.52 bits per heavy atom. The van der Waals surface area contributed by atoms with Crippen LogP contribution in [0.4, 0.5) is 0 Å². The second-order valence-corrected chi connectivity index (χ2v) is 5.51. The predicted molar refractivity (Wildman–Crippen MR) is 92.8 cm³/mol. The Hall–Kier alpha value is -2.00. The first kappa shape index (κ1) is 17.4. The van der Waals surface area contributed by atoms with Crippen LogP contribution in [-0.2, 0) is 13.0 Å². The maximum absolute atomic E-state index is 11.3. The lowest BCUT2D eigenvalue weighted by Gasteiger charge is -2.15. The van der Waals surface area contributed by atoms with Crippen molar-refractivity contribution in [2.75, 3.05) is 12.5 Å². The van der Waals surface area contributed by atoms with Crippen LogP contribution in [0.2, 0.25) is 0 Å². The van der Waals surface area contributed by atoms with Crippen molar-refractivity contribution in [1.29, 1.82) is 0 Å². The summed E-state index contributed by atoms with van der Waals surface area (Å²) in [5.41, 5.74) is 2.59. The van der Waals surface area contributed by atoms with E-state index in [4.69, 9.17) is 21.1 Å². The zero-order valence-corrected chi connectivity index (χ0v) is 14.0. The van der Waals surface area contributed by atoms with Gasteiger partial charge in [0.2, 0.25) is 0 Å². The highest BCUT2D eigenvalue weighted by Gasteiger charge is 2.11. The van der Waals surface area contributed by atoms with Gasteiger partial charge in [0.25, 0.3) is 0 Å². The molecule has 0 aliphatic rings. The van der Waals surface area contributed by atoms with E-state index < -0.39 is 0 Å². The lowest BCUT2D eigenvalue weighted by Crippen LogP contribution is -2.04. The van der Waals surface area contributed by atoms with Gasteiger partial charge in [0.05, 0.1) is 12.2 Å². The minimum absolute atomic E-state index is 0.411. The molecular weight excluding hydrogens is 312 g/mol. The van der Waals surface area contributed by atoms with Crippen molar-refractivity contribution >= 4 is 17.9 Å². The number of ether oxygens (including phenoxy) is 2. The molecule has 2 aromatic carbocycles. The van der Waals surface area contributed by atoms with E-state index in [0.717, 1.165) is 36.0 Å². The Kier molecular flexibility index (Phi) is 6.95. The first-order valence-corrected chi connectivity index (χ1v) is 8.29. The minimum Gasteiger partial charge on any atom is -0.493 e. The first-order chi connectivity index (χ1) is 11.3. The lowest BCUT2D eigenvalue weighted by molar-refractivity contribution is 0.111. The monoisotopic (exact) mass is 332 g/mol. The fourth-order valence-corrected chi connectivity index (χ4v) is 2.33. The number of aldehydes is 1. The highest BCUT2D eigenvalue weighted by atomic mass is 35.5. The summed E-state index contributed by atoms with van der Waals surface area (Å²) in [5.74, 6) is 1.86. The number of rotatable bonds is 9. The standard InChI is InChI=1S/C19H21ClO3/c1-2-16-11-17(13-21)19(12-18(16)22-10-6-9-20)23-14-15-7-4-3-5-8-15/h3-5,7-8,11-13H,2,6,9-10,14H2,1H3. The minimum atomic E-state index is 0.411. The van der Waals surface area contributed by atoms with Crippen LogP contribution in [0.5, 0.6) is 11.5 Å². The van der Waals surface area contributed by atoms with Crippen LogP contribution in [-0.4, -0.2) is 18.8 Å². The predicted octanol–water partition coefficient (Wildman–Crippen LogP) is 4.65. The van der Waals surface area contributed by atoms with Crippen molar-refractivity contribution in [2.45, 2.75) is 26.4 Å². The zero-order valence-electron chi connectivity index (χ0n) is 13.3. The van der Waals surface area contributed by atoms with Gasteiger partial charge in [0.1, 0.15) is 18.1 Å². The van der Waals surface area contributed by atoms with Crippen molar-refractivity contribution in [3.05, 3.63) is 59.2 Å². The van der Waals surface area contributed by atoms with Gasteiger partial charge in [-0.3, -0.25) is 4.79 Å². The summed E-state index contributed by atoms with van der Waals surface area (Å²) in [6.07, 6.45) is 2.39. The van der Waals surface area contributed by atoms with Crippen molar-refractivity contribution in [3.8, 4) is 11.5 Å². The summed E-state index contributed by atoms with van der Waals surface area (Å²) in [4.78, 5) is 11.3. The highest BCUT2D eigenvalue weighted by molar-refractivity contribution is 6.17. The molecule has 0 amide bonds. The van der Waals surface area contributed by atoms with E-state index in [9.17, 15) is 4.79 Å². The molecule has 0 bridgehead atoms. The molecule has 2 aromatic rings. The third kappa shape index (κ3) is 5.00. The number of hydrogen-bond donors (Lipinski definition) is 0. The lowest BCUT2D eigenvalue weighted by atomic mass is 10.1. The number of carbonyl (C=O) groups is 1. The van der Waals surface area contributed by atoms with Crippen LogP contribution < -0.4 is 9.47 Å². The molecule has 0 aliphatic heterocycles. The molecule has 0 atom stereocenters. The Morgan fingerprint density at radius 1 is 1.09 bits per heavy atom. The average Bonchev–Trinajstić information content (AvgIpc) is 2.61. The fraction of sp³-hybridized carbons (Fsp3) is 0.316. The van der Waals surface area contributed by atoms with E-state index in [0.29, 0.717) is 30.4 Å². The Bertz CT molecular complexity index is 626. The van der Waals surface area contributed by atoms with E-state index in [2.05, 4.69) is 0 Å². The molecule has 0 spiro atoms. The topological polar surface area (TPSA) is 35.5 Å². The number of hydrogen-bond acceptors (Lipinski definition) is 3. The number of halogens is 1.